The molecule has 7 heteroatoms. The predicted octanol–water partition coefficient (Wildman–Crippen LogP) is 6.26. The third-order valence-corrected chi connectivity index (χ3v) is 6.34. The van der Waals surface area contributed by atoms with E-state index < -0.39 is 0 Å². The van der Waals surface area contributed by atoms with Gasteiger partial charge in [-0.2, -0.15) is 0 Å². The summed E-state index contributed by atoms with van der Waals surface area (Å²) >= 11 is 7.68. The monoisotopic (exact) mass is 456 g/mol. The second-order valence-electron chi connectivity index (χ2n) is 8.65. The van der Waals surface area contributed by atoms with Crippen LogP contribution in [0, 0.1) is 13.8 Å². The van der Waals surface area contributed by atoms with Gasteiger partial charge >= 0.3 is 0 Å². The number of nitrogens with zero attached hydrogens (tertiary/aromatic N) is 3. The minimum absolute atomic E-state index is 0.101. The lowest BCUT2D eigenvalue weighted by atomic mass is 9.87. The van der Waals surface area contributed by atoms with Gasteiger partial charge in [0, 0.05) is 12.1 Å². The Morgan fingerprint density at radius 2 is 1.81 bits per heavy atom. The molecule has 0 atom stereocenters. The van der Waals surface area contributed by atoms with Crippen LogP contribution >= 0.6 is 23.4 Å². The van der Waals surface area contributed by atoms with Gasteiger partial charge in [0.25, 0.3) is 0 Å². The zero-order valence-corrected chi connectivity index (χ0v) is 20.5. The standard InChI is InChI=1S/C24H29ClN4OS/c1-7-29-22(17-8-10-18(11-9-17)24(4,5)6)27-28-23(29)31-14-20(30)26-21-16(3)12-15(2)13-19(21)25/h8-13H,7,14H2,1-6H3,(H,26,30). The van der Waals surface area contributed by atoms with E-state index in [0.29, 0.717) is 10.7 Å². The van der Waals surface area contributed by atoms with Crippen molar-refractivity contribution in [1.82, 2.24) is 14.8 Å². The molecular formula is C24H29ClN4OS. The van der Waals surface area contributed by atoms with Crippen molar-refractivity contribution < 1.29 is 4.79 Å². The number of rotatable bonds is 6. The maximum absolute atomic E-state index is 12.5. The third-order valence-electron chi connectivity index (χ3n) is 5.07. The number of nitrogens with one attached hydrogen (secondary N) is 1. The normalized spacial score (nSPS) is 11.6. The molecule has 164 valence electrons. The van der Waals surface area contributed by atoms with E-state index >= 15 is 0 Å². The Balaban J connectivity index is 1.72. The van der Waals surface area contributed by atoms with Gasteiger partial charge in [0.05, 0.1) is 16.5 Å². The minimum Gasteiger partial charge on any atom is -0.324 e. The average Bonchev–Trinajstić information content (AvgIpc) is 3.11. The maximum Gasteiger partial charge on any atom is 0.234 e. The first-order valence-corrected chi connectivity index (χ1v) is 11.7. The van der Waals surface area contributed by atoms with Crippen molar-refractivity contribution >= 4 is 35.0 Å². The number of amides is 1. The molecule has 0 radical (unpaired) electrons. The molecule has 2 aromatic carbocycles. The molecule has 1 amide bonds. The number of aryl methyl sites for hydroxylation is 2. The molecule has 1 aromatic heterocycles. The molecule has 0 aliphatic rings. The zero-order valence-electron chi connectivity index (χ0n) is 18.9. The van der Waals surface area contributed by atoms with Crippen LogP contribution in [0.4, 0.5) is 5.69 Å². The van der Waals surface area contributed by atoms with Crippen molar-refractivity contribution in [2.45, 2.75) is 58.7 Å². The van der Waals surface area contributed by atoms with Crippen LogP contribution in [-0.4, -0.2) is 26.4 Å². The Morgan fingerprint density at radius 1 is 1.13 bits per heavy atom. The van der Waals surface area contributed by atoms with Crippen LogP contribution in [0.5, 0.6) is 0 Å². The highest BCUT2D eigenvalue weighted by molar-refractivity contribution is 7.99. The van der Waals surface area contributed by atoms with E-state index in [1.165, 1.54) is 17.3 Å². The van der Waals surface area contributed by atoms with Gasteiger partial charge in [0.2, 0.25) is 5.91 Å². The summed E-state index contributed by atoms with van der Waals surface area (Å²) in [6.45, 7) is 13.3. The van der Waals surface area contributed by atoms with E-state index in [-0.39, 0.29) is 17.1 Å². The highest BCUT2D eigenvalue weighted by Gasteiger charge is 2.17. The van der Waals surface area contributed by atoms with Crippen LogP contribution in [0.1, 0.15) is 44.4 Å². The minimum atomic E-state index is -0.124. The molecule has 3 rings (SSSR count). The summed E-state index contributed by atoms with van der Waals surface area (Å²) in [6.07, 6.45) is 0. The van der Waals surface area contributed by atoms with E-state index in [0.717, 1.165) is 34.2 Å². The van der Waals surface area contributed by atoms with Crippen molar-refractivity contribution in [2.75, 3.05) is 11.1 Å². The number of carbonyl (C=O) groups is 1. The Bertz CT molecular complexity index is 1060. The Kier molecular flexibility index (Phi) is 7.12. The zero-order chi connectivity index (χ0) is 22.8. The second-order valence-corrected chi connectivity index (χ2v) is 10.0. The number of hydrogen-bond donors (Lipinski definition) is 1. The average molecular weight is 457 g/mol. The third kappa shape index (κ3) is 5.49. The number of anilines is 1. The molecule has 0 spiro atoms. The van der Waals surface area contributed by atoms with Gasteiger partial charge in [-0.3, -0.25) is 4.79 Å². The summed E-state index contributed by atoms with van der Waals surface area (Å²) in [5.74, 6) is 0.911. The summed E-state index contributed by atoms with van der Waals surface area (Å²) in [5.41, 5.74) is 5.06. The van der Waals surface area contributed by atoms with Crippen LogP contribution in [0.3, 0.4) is 0 Å². The van der Waals surface area contributed by atoms with Crippen LogP contribution in [0.15, 0.2) is 41.6 Å². The first kappa shape index (κ1) is 23.4. The number of thioether (sulfide) groups is 1. The van der Waals surface area contributed by atoms with Crippen molar-refractivity contribution in [3.05, 3.63) is 58.1 Å². The number of benzene rings is 2. The van der Waals surface area contributed by atoms with Gasteiger partial charge in [-0.15, -0.1) is 10.2 Å². The van der Waals surface area contributed by atoms with Crippen LogP contribution in [-0.2, 0) is 16.8 Å². The van der Waals surface area contributed by atoms with Gasteiger partial charge in [0.15, 0.2) is 11.0 Å². The lowest BCUT2D eigenvalue weighted by molar-refractivity contribution is -0.113. The van der Waals surface area contributed by atoms with Gasteiger partial charge in [-0.05, 0) is 48.9 Å². The largest absolute Gasteiger partial charge is 0.324 e. The first-order valence-electron chi connectivity index (χ1n) is 10.3. The number of hydrogen-bond acceptors (Lipinski definition) is 4. The van der Waals surface area contributed by atoms with Crippen LogP contribution in [0.2, 0.25) is 5.02 Å². The molecule has 1 heterocycles. The smallest absolute Gasteiger partial charge is 0.234 e. The van der Waals surface area contributed by atoms with Crippen LogP contribution in [0.25, 0.3) is 11.4 Å². The van der Waals surface area contributed by atoms with E-state index in [2.05, 4.69) is 67.5 Å². The Hall–Kier alpha value is -2.31. The first-order chi connectivity index (χ1) is 14.6. The van der Waals surface area contributed by atoms with Crippen molar-refractivity contribution in [2.24, 2.45) is 0 Å². The fourth-order valence-electron chi connectivity index (χ4n) is 3.39. The second kappa shape index (κ2) is 9.45. The maximum atomic E-state index is 12.5. The fraction of sp³-hybridized carbons (Fsp3) is 0.375. The molecule has 0 bridgehead atoms. The molecule has 0 saturated carbocycles. The summed E-state index contributed by atoms with van der Waals surface area (Å²) in [4.78, 5) is 12.5. The molecule has 5 nitrogen and oxygen atoms in total. The van der Waals surface area contributed by atoms with Crippen molar-refractivity contribution in [1.29, 1.82) is 0 Å². The van der Waals surface area contributed by atoms with Gasteiger partial charge in [-0.1, -0.05) is 74.5 Å². The molecule has 3 aromatic rings. The fourth-order valence-corrected chi connectivity index (χ4v) is 4.56. The predicted molar refractivity (Wildman–Crippen MR) is 130 cm³/mol. The SMILES string of the molecule is CCn1c(SCC(=O)Nc2c(C)cc(C)cc2Cl)nnc1-c1ccc(C(C)(C)C)cc1. The number of halogens is 1. The molecule has 0 aliphatic heterocycles. The van der Waals surface area contributed by atoms with Gasteiger partial charge < -0.3 is 9.88 Å². The summed E-state index contributed by atoms with van der Waals surface area (Å²) in [5, 5.41) is 12.9. The summed E-state index contributed by atoms with van der Waals surface area (Å²) in [7, 11) is 0. The van der Waals surface area contributed by atoms with E-state index in [4.69, 9.17) is 11.6 Å². The number of aromatic nitrogens is 3. The molecular weight excluding hydrogens is 428 g/mol. The Labute approximate surface area is 193 Å². The van der Waals surface area contributed by atoms with E-state index in [9.17, 15) is 4.79 Å². The quantitative estimate of drug-likeness (QED) is 0.444. The molecule has 1 N–H and O–H groups in total. The van der Waals surface area contributed by atoms with Gasteiger partial charge in [-0.25, -0.2) is 0 Å². The summed E-state index contributed by atoms with van der Waals surface area (Å²) in [6, 6.07) is 12.3. The van der Waals surface area contributed by atoms with Gasteiger partial charge in [0.1, 0.15) is 0 Å². The van der Waals surface area contributed by atoms with Crippen molar-refractivity contribution in [3.63, 3.8) is 0 Å². The lowest BCUT2D eigenvalue weighted by Gasteiger charge is -2.19. The highest BCUT2D eigenvalue weighted by atomic mass is 35.5. The molecule has 0 fully saturated rings. The highest BCUT2D eigenvalue weighted by Crippen LogP contribution is 2.29. The molecule has 0 unspecified atom stereocenters. The topological polar surface area (TPSA) is 59.8 Å². The lowest BCUT2D eigenvalue weighted by Crippen LogP contribution is -2.16. The number of carbonyl (C=O) groups excluding carboxylic acids is 1. The van der Waals surface area contributed by atoms with E-state index in [1.807, 2.05) is 30.5 Å². The van der Waals surface area contributed by atoms with Crippen molar-refractivity contribution in [3.8, 4) is 11.4 Å². The summed E-state index contributed by atoms with van der Waals surface area (Å²) < 4.78 is 2.04. The molecule has 0 saturated heterocycles. The molecule has 31 heavy (non-hydrogen) atoms. The van der Waals surface area contributed by atoms with Crippen LogP contribution < -0.4 is 5.32 Å². The molecule has 0 aliphatic carbocycles. The van der Waals surface area contributed by atoms with E-state index in [1.54, 1.807) is 0 Å². The Morgan fingerprint density at radius 3 is 2.39 bits per heavy atom.